The van der Waals surface area contributed by atoms with Crippen LogP contribution in [0.1, 0.15) is 44.0 Å². The monoisotopic (exact) mass is 287 g/mol. The summed E-state index contributed by atoms with van der Waals surface area (Å²) in [7, 11) is 0. The van der Waals surface area contributed by atoms with Gasteiger partial charge >= 0.3 is 5.97 Å². The summed E-state index contributed by atoms with van der Waals surface area (Å²) in [6.45, 7) is 6.11. The van der Waals surface area contributed by atoms with Crippen molar-refractivity contribution in [2.24, 2.45) is 0 Å². The van der Waals surface area contributed by atoms with Crippen LogP contribution in [0.2, 0.25) is 0 Å². The molecule has 1 atom stereocenters. The van der Waals surface area contributed by atoms with E-state index in [4.69, 9.17) is 9.47 Å². The van der Waals surface area contributed by atoms with Gasteiger partial charge in [-0.3, -0.25) is 4.79 Å². The van der Waals surface area contributed by atoms with Gasteiger partial charge in [-0.2, -0.15) is 0 Å². The molecule has 1 N–H and O–H groups in total. The Kier molecular flexibility index (Phi) is 3.49. The first kappa shape index (κ1) is 14.1. The molecule has 21 heavy (non-hydrogen) atoms. The number of aromatic amines is 1. The van der Waals surface area contributed by atoms with Gasteiger partial charge in [0.15, 0.2) is 0 Å². The molecule has 1 unspecified atom stereocenters. The lowest BCUT2D eigenvalue weighted by atomic mass is 9.97. The molecular weight excluding hydrogens is 266 g/mol. The van der Waals surface area contributed by atoms with E-state index in [-0.39, 0.29) is 5.97 Å². The van der Waals surface area contributed by atoms with E-state index in [1.165, 1.54) is 23.4 Å². The van der Waals surface area contributed by atoms with E-state index in [9.17, 15) is 4.79 Å². The molecule has 1 aromatic heterocycles. The van der Waals surface area contributed by atoms with Gasteiger partial charge in [-0.05, 0) is 24.0 Å². The molecule has 2 aromatic rings. The zero-order chi connectivity index (χ0) is 15.0. The highest BCUT2D eigenvalue weighted by Crippen LogP contribution is 2.40. The Morgan fingerprint density at radius 1 is 1.43 bits per heavy atom. The van der Waals surface area contributed by atoms with Crippen LogP contribution < -0.4 is 0 Å². The number of rotatable bonds is 3. The summed E-state index contributed by atoms with van der Waals surface area (Å²) >= 11 is 0. The van der Waals surface area contributed by atoms with E-state index in [0.29, 0.717) is 13.0 Å². The number of esters is 1. The molecule has 4 nitrogen and oxygen atoms in total. The van der Waals surface area contributed by atoms with Crippen LogP contribution in [-0.2, 0) is 32.9 Å². The summed E-state index contributed by atoms with van der Waals surface area (Å²) in [5.74, 6) is -1.29. The van der Waals surface area contributed by atoms with E-state index in [2.05, 4.69) is 30.1 Å². The van der Waals surface area contributed by atoms with Crippen LogP contribution in [0.25, 0.3) is 10.9 Å². The fraction of sp³-hybridized carbons (Fsp3) is 0.471. The first-order valence-corrected chi connectivity index (χ1v) is 7.57. The Hall–Kier alpha value is -1.81. The predicted molar refractivity (Wildman–Crippen MR) is 81.1 cm³/mol. The zero-order valence-corrected chi connectivity index (χ0v) is 12.8. The average molecular weight is 287 g/mol. The van der Waals surface area contributed by atoms with Crippen molar-refractivity contribution in [2.75, 3.05) is 6.61 Å². The van der Waals surface area contributed by atoms with Crippen molar-refractivity contribution < 1.29 is 14.3 Å². The first-order chi connectivity index (χ1) is 10.1. The second kappa shape index (κ2) is 5.19. The number of nitrogens with one attached hydrogen (secondary N) is 1. The first-order valence-electron chi connectivity index (χ1n) is 7.57. The number of aryl methyl sites for hydroxylation is 1. The second-order valence-electron chi connectivity index (χ2n) is 5.47. The standard InChI is InChI=1S/C17H21NO3/c1-4-12-7-6-8-13-14-9-10-20-17(5-2,21-11(3)19)16(14)18-15(12)13/h6-8,18H,4-5,9-10H2,1-3H3. The third-order valence-electron chi connectivity index (χ3n) is 4.25. The summed E-state index contributed by atoms with van der Waals surface area (Å²) < 4.78 is 11.4. The summed E-state index contributed by atoms with van der Waals surface area (Å²) in [5, 5.41) is 1.22. The largest absolute Gasteiger partial charge is 0.427 e. The lowest BCUT2D eigenvalue weighted by molar-refractivity contribution is -0.245. The maximum atomic E-state index is 11.5. The van der Waals surface area contributed by atoms with E-state index >= 15 is 0 Å². The van der Waals surface area contributed by atoms with Crippen molar-refractivity contribution in [2.45, 2.75) is 45.8 Å². The maximum Gasteiger partial charge on any atom is 0.305 e. The molecule has 0 amide bonds. The van der Waals surface area contributed by atoms with Crippen LogP contribution in [0.15, 0.2) is 18.2 Å². The Bertz CT molecular complexity index is 689. The Labute approximate surface area is 124 Å². The fourth-order valence-electron chi connectivity index (χ4n) is 3.27. The van der Waals surface area contributed by atoms with Gasteiger partial charge in [-0.15, -0.1) is 0 Å². The van der Waals surface area contributed by atoms with E-state index in [0.717, 1.165) is 24.1 Å². The third-order valence-corrected chi connectivity index (χ3v) is 4.25. The smallest absolute Gasteiger partial charge is 0.305 e. The van der Waals surface area contributed by atoms with Gasteiger partial charge in [0.1, 0.15) is 0 Å². The average Bonchev–Trinajstić information content (AvgIpc) is 2.87. The van der Waals surface area contributed by atoms with Crippen LogP contribution >= 0.6 is 0 Å². The predicted octanol–water partition coefficient (Wildman–Crippen LogP) is 3.43. The number of H-pyrrole nitrogens is 1. The van der Waals surface area contributed by atoms with Gasteiger partial charge in [0.25, 0.3) is 5.79 Å². The molecule has 0 aliphatic carbocycles. The molecule has 0 saturated carbocycles. The maximum absolute atomic E-state index is 11.5. The van der Waals surface area contributed by atoms with Gasteiger partial charge in [0.2, 0.25) is 0 Å². The number of hydrogen-bond donors (Lipinski definition) is 1. The Balaban J connectivity index is 2.24. The molecule has 1 aromatic carbocycles. The highest BCUT2D eigenvalue weighted by molar-refractivity contribution is 5.88. The molecule has 2 heterocycles. The minimum atomic E-state index is -0.969. The number of aromatic nitrogens is 1. The molecule has 4 heteroatoms. The van der Waals surface area contributed by atoms with Gasteiger partial charge in [-0.25, -0.2) is 0 Å². The molecule has 0 saturated heterocycles. The van der Waals surface area contributed by atoms with Gasteiger partial charge in [0.05, 0.1) is 12.3 Å². The Morgan fingerprint density at radius 3 is 2.90 bits per heavy atom. The summed E-state index contributed by atoms with van der Waals surface area (Å²) in [6, 6.07) is 6.35. The lowest BCUT2D eigenvalue weighted by Gasteiger charge is -2.35. The van der Waals surface area contributed by atoms with Crippen molar-refractivity contribution in [3.05, 3.63) is 35.0 Å². The molecule has 0 fully saturated rings. The van der Waals surface area contributed by atoms with Crippen molar-refractivity contribution in [1.82, 2.24) is 4.98 Å². The number of carbonyl (C=O) groups is 1. The van der Waals surface area contributed by atoms with E-state index < -0.39 is 5.79 Å². The van der Waals surface area contributed by atoms with Crippen molar-refractivity contribution >= 4 is 16.9 Å². The fourth-order valence-corrected chi connectivity index (χ4v) is 3.27. The summed E-state index contributed by atoms with van der Waals surface area (Å²) in [6.07, 6.45) is 2.39. The summed E-state index contributed by atoms with van der Waals surface area (Å²) in [4.78, 5) is 15.0. The molecule has 112 valence electrons. The van der Waals surface area contributed by atoms with Crippen LogP contribution in [0.5, 0.6) is 0 Å². The SMILES string of the molecule is CCc1cccc2c3c([nH]c12)C(CC)(OC(C)=O)OCC3. The van der Waals surface area contributed by atoms with Gasteiger partial charge in [-0.1, -0.05) is 32.0 Å². The minimum Gasteiger partial charge on any atom is -0.427 e. The number of para-hydroxylation sites is 1. The molecule has 3 rings (SSSR count). The molecule has 0 spiro atoms. The van der Waals surface area contributed by atoms with Crippen LogP contribution in [0.4, 0.5) is 0 Å². The normalized spacial score (nSPS) is 21.3. The zero-order valence-electron chi connectivity index (χ0n) is 12.8. The van der Waals surface area contributed by atoms with E-state index in [1.54, 1.807) is 0 Å². The van der Waals surface area contributed by atoms with Gasteiger partial charge < -0.3 is 14.5 Å². The lowest BCUT2D eigenvalue weighted by Crippen LogP contribution is -2.39. The molecule has 0 bridgehead atoms. The number of hydrogen-bond acceptors (Lipinski definition) is 3. The highest BCUT2D eigenvalue weighted by atomic mass is 16.7. The minimum absolute atomic E-state index is 0.320. The summed E-state index contributed by atoms with van der Waals surface area (Å²) in [5.41, 5.74) is 4.53. The number of carbonyl (C=O) groups excluding carboxylic acids is 1. The number of benzene rings is 1. The molecule has 1 aliphatic rings. The van der Waals surface area contributed by atoms with Gasteiger partial charge in [0, 0.05) is 24.2 Å². The van der Waals surface area contributed by atoms with Crippen LogP contribution in [0.3, 0.4) is 0 Å². The van der Waals surface area contributed by atoms with Crippen molar-refractivity contribution in [3.8, 4) is 0 Å². The topological polar surface area (TPSA) is 51.3 Å². The number of fused-ring (bicyclic) bond motifs is 3. The number of ether oxygens (including phenoxy) is 2. The highest BCUT2D eigenvalue weighted by Gasteiger charge is 2.42. The molecular formula is C17H21NO3. The second-order valence-corrected chi connectivity index (χ2v) is 5.47. The van der Waals surface area contributed by atoms with Crippen molar-refractivity contribution in [3.63, 3.8) is 0 Å². The van der Waals surface area contributed by atoms with Crippen LogP contribution in [-0.4, -0.2) is 17.6 Å². The molecule has 1 aliphatic heterocycles. The van der Waals surface area contributed by atoms with Crippen molar-refractivity contribution in [1.29, 1.82) is 0 Å². The third kappa shape index (κ3) is 2.14. The molecule has 0 radical (unpaired) electrons. The Morgan fingerprint density at radius 2 is 2.24 bits per heavy atom. The van der Waals surface area contributed by atoms with Crippen LogP contribution in [0, 0.1) is 0 Å². The van der Waals surface area contributed by atoms with E-state index in [1.807, 2.05) is 6.92 Å². The quantitative estimate of drug-likeness (QED) is 0.880.